The van der Waals surface area contributed by atoms with E-state index >= 15 is 0 Å². The van der Waals surface area contributed by atoms with Gasteiger partial charge in [0.05, 0.1) is 11.1 Å². The van der Waals surface area contributed by atoms with Gasteiger partial charge in [0, 0.05) is 5.69 Å². The molecule has 1 saturated carbocycles. The highest BCUT2D eigenvalue weighted by molar-refractivity contribution is 7.80. The summed E-state index contributed by atoms with van der Waals surface area (Å²) >= 11 is 5.51. The molecule has 0 atom stereocenters. The third-order valence-corrected chi connectivity index (χ3v) is 5.40. The Bertz CT molecular complexity index is 840. The van der Waals surface area contributed by atoms with E-state index < -0.39 is 17.3 Å². The molecular formula is C21H23F3N2S. The quantitative estimate of drug-likeness (QED) is 0.619. The van der Waals surface area contributed by atoms with E-state index in [4.69, 9.17) is 12.2 Å². The van der Waals surface area contributed by atoms with Crippen molar-refractivity contribution >= 4 is 23.0 Å². The molecule has 0 aliphatic heterocycles. The smallest absolute Gasteiger partial charge is 0.353 e. The predicted octanol–water partition coefficient (Wildman–Crippen LogP) is 6.08. The second-order valence-electron chi connectivity index (χ2n) is 7.27. The van der Waals surface area contributed by atoms with Crippen molar-refractivity contribution in [1.29, 1.82) is 0 Å². The fourth-order valence-electron chi connectivity index (χ4n) is 3.70. The average molecular weight is 392 g/mol. The lowest BCUT2D eigenvalue weighted by Gasteiger charge is -2.33. The van der Waals surface area contributed by atoms with Crippen LogP contribution < -0.4 is 10.6 Å². The van der Waals surface area contributed by atoms with Crippen molar-refractivity contribution in [2.24, 2.45) is 0 Å². The Labute approximate surface area is 163 Å². The van der Waals surface area contributed by atoms with Gasteiger partial charge in [-0.1, -0.05) is 37.1 Å². The molecule has 2 N–H and O–H groups in total. The van der Waals surface area contributed by atoms with E-state index in [9.17, 15) is 13.2 Å². The van der Waals surface area contributed by atoms with Gasteiger partial charge in [0.2, 0.25) is 0 Å². The molecule has 0 unspecified atom stereocenters. The average Bonchev–Trinajstić information content (AvgIpc) is 3.07. The minimum Gasteiger partial charge on any atom is -0.353 e. The first-order chi connectivity index (χ1) is 12.7. The van der Waals surface area contributed by atoms with E-state index in [2.05, 4.69) is 10.6 Å². The maximum Gasteiger partial charge on any atom is 0.416 e. The molecule has 27 heavy (non-hydrogen) atoms. The topological polar surface area (TPSA) is 24.1 Å². The van der Waals surface area contributed by atoms with E-state index in [1.807, 2.05) is 32.0 Å². The van der Waals surface area contributed by atoms with Gasteiger partial charge in [-0.25, -0.2) is 0 Å². The summed E-state index contributed by atoms with van der Waals surface area (Å²) in [4.78, 5) is 0. The van der Waals surface area contributed by atoms with Gasteiger partial charge in [-0.15, -0.1) is 0 Å². The van der Waals surface area contributed by atoms with Gasteiger partial charge < -0.3 is 10.6 Å². The molecule has 6 heteroatoms. The highest BCUT2D eigenvalue weighted by atomic mass is 32.1. The molecule has 0 amide bonds. The van der Waals surface area contributed by atoms with Gasteiger partial charge in [0.15, 0.2) is 5.11 Å². The lowest BCUT2D eigenvalue weighted by molar-refractivity contribution is -0.137. The molecule has 0 radical (unpaired) electrons. The second kappa shape index (κ2) is 7.50. The fraction of sp³-hybridized carbons (Fsp3) is 0.381. The van der Waals surface area contributed by atoms with Crippen LogP contribution in [0.4, 0.5) is 18.9 Å². The number of alkyl halides is 3. The molecule has 2 aromatic carbocycles. The molecule has 0 aromatic heterocycles. The number of hydrogen-bond donors (Lipinski definition) is 2. The Morgan fingerprint density at radius 1 is 1.04 bits per heavy atom. The Morgan fingerprint density at radius 3 is 2.41 bits per heavy atom. The molecule has 1 aliphatic carbocycles. The number of halogens is 3. The maximum atomic E-state index is 13.2. The molecule has 0 saturated heterocycles. The molecule has 1 fully saturated rings. The van der Waals surface area contributed by atoms with Gasteiger partial charge in [-0.05, 0) is 73.8 Å². The molecule has 1 aliphatic rings. The Balaban J connectivity index is 1.85. The molecule has 2 aromatic rings. The summed E-state index contributed by atoms with van der Waals surface area (Å²) in [5.41, 5.74) is 2.53. The summed E-state index contributed by atoms with van der Waals surface area (Å²) in [6.45, 7) is 3.99. The summed E-state index contributed by atoms with van der Waals surface area (Å²) < 4.78 is 39.5. The van der Waals surface area contributed by atoms with E-state index in [0.29, 0.717) is 10.7 Å². The van der Waals surface area contributed by atoms with Crippen LogP contribution in [0.15, 0.2) is 42.5 Å². The van der Waals surface area contributed by atoms with Crippen LogP contribution in [-0.2, 0) is 11.7 Å². The Morgan fingerprint density at radius 2 is 1.74 bits per heavy atom. The van der Waals surface area contributed by atoms with Gasteiger partial charge in [-0.2, -0.15) is 13.2 Å². The van der Waals surface area contributed by atoms with Crippen LogP contribution >= 0.6 is 12.2 Å². The van der Waals surface area contributed by atoms with Crippen LogP contribution in [0.2, 0.25) is 0 Å². The summed E-state index contributed by atoms with van der Waals surface area (Å²) in [6, 6.07) is 11.6. The van der Waals surface area contributed by atoms with Crippen molar-refractivity contribution in [2.45, 2.75) is 51.2 Å². The largest absolute Gasteiger partial charge is 0.416 e. The number of anilines is 1. The first-order valence-electron chi connectivity index (χ1n) is 9.04. The van der Waals surface area contributed by atoms with Crippen LogP contribution in [-0.4, -0.2) is 5.11 Å². The monoisotopic (exact) mass is 392 g/mol. The van der Waals surface area contributed by atoms with Gasteiger partial charge in [0.25, 0.3) is 0 Å². The van der Waals surface area contributed by atoms with Crippen LogP contribution in [0.3, 0.4) is 0 Å². The molecule has 3 rings (SSSR count). The van der Waals surface area contributed by atoms with Gasteiger partial charge in [0.1, 0.15) is 0 Å². The normalized spacial score (nSPS) is 16.2. The minimum absolute atomic E-state index is 0.433. The van der Waals surface area contributed by atoms with Crippen molar-refractivity contribution in [3.8, 4) is 0 Å². The van der Waals surface area contributed by atoms with Crippen LogP contribution in [0.5, 0.6) is 0 Å². The predicted molar refractivity (Wildman–Crippen MR) is 107 cm³/mol. The van der Waals surface area contributed by atoms with Crippen molar-refractivity contribution in [2.75, 3.05) is 5.32 Å². The maximum absolute atomic E-state index is 13.2. The highest BCUT2D eigenvalue weighted by Crippen LogP contribution is 2.41. The molecule has 2 nitrogen and oxygen atoms in total. The van der Waals surface area contributed by atoms with E-state index in [1.54, 1.807) is 6.07 Å². The standard InChI is InChI=1S/C21H23F3N2S/c1-14-8-9-15(2)18(12-14)25-19(27)26-20(10-3-4-11-20)16-6-5-7-17(13-16)21(22,23)24/h5-9,12-13H,3-4,10-11H2,1-2H3,(H2,25,26,27). The van der Waals surface area contributed by atoms with E-state index in [-0.39, 0.29) is 0 Å². The lowest BCUT2D eigenvalue weighted by atomic mass is 9.87. The summed E-state index contributed by atoms with van der Waals surface area (Å²) in [7, 11) is 0. The zero-order valence-electron chi connectivity index (χ0n) is 15.4. The first-order valence-corrected chi connectivity index (χ1v) is 9.45. The second-order valence-corrected chi connectivity index (χ2v) is 7.67. The third kappa shape index (κ3) is 4.43. The summed E-state index contributed by atoms with van der Waals surface area (Å²) in [6.07, 6.45) is -0.941. The van der Waals surface area contributed by atoms with Gasteiger partial charge in [-0.3, -0.25) is 0 Å². The number of nitrogens with one attached hydrogen (secondary N) is 2. The summed E-state index contributed by atoms with van der Waals surface area (Å²) in [5.74, 6) is 0. The fourth-order valence-corrected chi connectivity index (χ4v) is 4.00. The van der Waals surface area contributed by atoms with E-state index in [1.165, 1.54) is 12.1 Å². The molecule has 0 bridgehead atoms. The number of benzene rings is 2. The molecule has 0 spiro atoms. The molecule has 144 valence electrons. The first kappa shape index (κ1) is 19.7. The lowest BCUT2D eigenvalue weighted by Crippen LogP contribution is -2.45. The zero-order chi connectivity index (χ0) is 19.7. The minimum atomic E-state index is -4.35. The van der Waals surface area contributed by atoms with E-state index in [0.717, 1.165) is 48.6 Å². The molecular weight excluding hydrogens is 369 g/mol. The molecule has 0 heterocycles. The summed E-state index contributed by atoms with van der Waals surface area (Å²) in [5, 5.41) is 6.98. The van der Waals surface area contributed by atoms with Crippen LogP contribution in [0, 0.1) is 13.8 Å². The number of hydrogen-bond acceptors (Lipinski definition) is 1. The number of aryl methyl sites for hydroxylation is 2. The number of thiocarbonyl (C=S) groups is 1. The van der Waals surface area contributed by atoms with Crippen molar-refractivity contribution in [3.63, 3.8) is 0 Å². The van der Waals surface area contributed by atoms with Crippen molar-refractivity contribution in [1.82, 2.24) is 5.32 Å². The van der Waals surface area contributed by atoms with Crippen molar-refractivity contribution in [3.05, 3.63) is 64.7 Å². The Kier molecular flexibility index (Phi) is 5.47. The SMILES string of the molecule is Cc1ccc(C)c(NC(=S)NC2(c3cccc(C(F)(F)F)c3)CCCC2)c1. The van der Waals surface area contributed by atoms with Crippen LogP contribution in [0.25, 0.3) is 0 Å². The van der Waals surface area contributed by atoms with Crippen molar-refractivity contribution < 1.29 is 13.2 Å². The third-order valence-electron chi connectivity index (χ3n) is 5.19. The van der Waals surface area contributed by atoms with Crippen LogP contribution in [0.1, 0.15) is 47.9 Å². The number of rotatable bonds is 3. The highest BCUT2D eigenvalue weighted by Gasteiger charge is 2.38. The Hall–Kier alpha value is -2.08. The zero-order valence-corrected chi connectivity index (χ0v) is 16.2. The van der Waals surface area contributed by atoms with Gasteiger partial charge >= 0.3 is 6.18 Å².